The zero-order chi connectivity index (χ0) is 27.6. The van der Waals surface area contributed by atoms with Crippen molar-refractivity contribution in [2.24, 2.45) is 7.05 Å². The smallest absolute Gasteiger partial charge is 0.324 e. The molecule has 3 N–H and O–H groups in total. The van der Waals surface area contributed by atoms with Crippen molar-refractivity contribution in [3.8, 4) is 17.2 Å². The number of rotatable bonds is 6. The van der Waals surface area contributed by atoms with Gasteiger partial charge >= 0.3 is 6.03 Å². The summed E-state index contributed by atoms with van der Waals surface area (Å²) < 4.78 is 13.0. The van der Waals surface area contributed by atoms with E-state index >= 15 is 0 Å². The van der Waals surface area contributed by atoms with Crippen LogP contribution in [-0.2, 0) is 12.5 Å². The molecule has 2 aromatic heterocycles. The van der Waals surface area contributed by atoms with Gasteiger partial charge in [0.15, 0.2) is 0 Å². The topological polar surface area (TPSA) is 119 Å². The van der Waals surface area contributed by atoms with Gasteiger partial charge in [0.25, 0.3) is 5.91 Å². The Morgan fingerprint density at radius 3 is 2.42 bits per heavy atom. The van der Waals surface area contributed by atoms with Gasteiger partial charge in [0.1, 0.15) is 23.1 Å². The molecule has 0 aliphatic rings. The second kappa shape index (κ2) is 10.6. The highest BCUT2D eigenvalue weighted by Gasteiger charge is 2.20. The summed E-state index contributed by atoms with van der Waals surface area (Å²) in [5, 5.41) is 13.5. The maximum atomic E-state index is 12.6. The fraction of sp³-hybridized carbons (Fsp3) is 0.259. The first-order valence-corrected chi connectivity index (χ1v) is 12.2. The lowest BCUT2D eigenvalue weighted by Gasteiger charge is -2.14. The molecule has 0 fully saturated rings. The molecule has 0 saturated heterocycles. The summed E-state index contributed by atoms with van der Waals surface area (Å²) in [5.41, 5.74) is 2.06. The third kappa shape index (κ3) is 5.65. The van der Waals surface area contributed by atoms with E-state index in [-0.39, 0.29) is 16.3 Å². The van der Waals surface area contributed by atoms with Gasteiger partial charge < -0.3 is 20.1 Å². The molecular formula is C27H29ClN6O4. The number of carbonyl (C=O) groups excluding carboxylic acids is 2. The fourth-order valence-corrected chi connectivity index (χ4v) is 3.94. The molecule has 0 spiro atoms. The van der Waals surface area contributed by atoms with Gasteiger partial charge in [0, 0.05) is 49.3 Å². The largest absolute Gasteiger partial charge is 0.496 e. The number of benzene rings is 2. The number of aryl methyl sites for hydroxylation is 1. The molecule has 4 aromatic rings. The Morgan fingerprint density at radius 1 is 1.03 bits per heavy atom. The van der Waals surface area contributed by atoms with Crippen LogP contribution in [0.3, 0.4) is 0 Å². The van der Waals surface area contributed by atoms with Gasteiger partial charge in [-0.2, -0.15) is 5.10 Å². The number of anilines is 2. The Labute approximate surface area is 225 Å². The summed E-state index contributed by atoms with van der Waals surface area (Å²) in [6.07, 6.45) is 1.60. The van der Waals surface area contributed by atoms with E-state index in [0.717, 1.165) is 5.69 Å². The molecule has 0 saturated carbocycles. The average molecular weight is 537 g/mol. The average Bonchev–Trinajstić information content (AvgIpc) is 3.25. The maximum absolute atomic E-state index is 12.6. The Kier molecular flexibility index (Phi) is 7.45. The molecule has 198 valence electrons. The first-order valence-electron chi connectivity index (χ1n) is 11.8. The maximum Gasteiger partial charge on any atom is 0.324 e. The quantitative estimate of drug-likeness (QED) is 0.290. The summed E-state index contributed by atoms with van der Waals surface area (Å²) >= 11 is 6.46. The van der Waals surface area contributed by atoms with Crippen molar-refractivity contribution in [1.29, 1.82) is 0 Å². The summed E-state index contributed by atoms with van der Waals surface area (Å²) in [7, 11) is 4.80. The molecule has 38 heavy (non-hydrogen) atoms. The highest BCUT2D eigenvalue weighted by atomic mass is 35.5. The van der Waals surface area contributed by atoms with E-state index in [2.05, 4.69) is 46.8 Å². The van der Waals surface area contributed by atoms with Crippen LogP contribution in [0, 0.1) is 0 Å². The predicted molar refractivity (Wildman–Crippen MR) is 148 cm³/mol. The van der Waals surface area contributed by atoms with Crippen molar-refractivity contribution >= 4 is 45.9 Å². The molecule has 0 unspecified atom stereocenters. The summed E-state index contributed by atoms with van der Waals surface area (Å²) in [6.45, 7) is 6.15. The number of nitrogens with one attached hydrogen (secondary N) is 3. The van der Waals surface area contributed by atoms with Crippen LogP contribution in [0.1, 0.15) is 36.8 Å². The monoisotopic (exact) mass is 536 g/mol. The fourth-order valence-electron chi connectivity index (χ4n) is 3.73. The minimum absolute atomic E-state index is 0.149. The second-order valence-corrected chi connectivity index (χ2v) is 9.98. The van der Waals surface area contributed by atoms with Gasteiger partial charge in [-0.05, 0) is 24.3 Å². The number of carbonyl (C=O) groups is 2. The van der Waals surface area contributed by atoms with E-state index in [1.807, 2.05) is 6.07 Å². The van der Waals surface area contributed by atoms with Crippen LogP contribution in [-0.4, -0.2) is 40.9 Å². The number of pyridine rings is 1. The molecule has 0 radical (unpaired) electrons. The number of halogens is 1. The highest BCUT2D eigenvalue weighted by Crippen LogP contribution is 2.35. The van der Waals surface area contributed by atoms with Crippen LogP contribution in [0.4, 0.5) is 16.3 Å². The van der Waals surface area contributed by atoms with Crippen LogP contribution in [0.15, 0.2) is 48.7 Å². The molecule has 2 heterocycles. The third-order valence-corrected chi connectivity index (χ3v) is 6.11. The molecule has 0 aliphatic heterocycles. The molecular weight excluding hydrogens is 508 g/mol. The van der Waals surface area contributed by atoms with E-state index in [4.69, 9.17) is 21.1 Å². The van der Waals surface area contributed by atoms with Crippen LogP contribution in [0.2, 0.25) is 5.02 Å². The lowest BCUT2D eigenvalue weighted by molar-refractivity contribution is 0.0960. The Balaban J connectivity index is 1.53. The van der Waals surface area contributed by atoms with Crippen LogP contribution in [0.5, 0.6) is 17.2 Å². The number of amides is 3. The minimum Gasteiger partial charge on any atom is -0.496 e. The van der Waals surface area contributed by atoms with Gasteiger partial charge in [0.2, 0.25) is 0 Å². The van der Waals surface area contributed by atoms with E-state index in [1.165, 1.54) is 7.11 Å². The van der Waals surface area contributed by atoms with Gasteiger partial charge in [0.05, 0.1) is 34.6 Å². The predicted octanol–water partition coefficient (Wildman–Crippen LogP) is 5.72. The molecule has 10 nitrogen and oxygen atoms in total. The van der Waals surface area contributed by atoms with E-state index < -0.39 is 6.03 Å². The Morgan fingerprint density at radius 2 is 1.79 bits per heavy atom. The van der Waals surface area contributed by atoms with E-state index in [1.54, 1.807) is 61.4 Å². The summed E-state index contributed by atoms with van der Waals surface area (Å²) in [6, 6.07) is 11.3. The number of ether oxygens (including phenoxy) is 2. The number of aromatic nitrogens is 3. The van der Waals surface area contributed by atoms with Gasteiger partial charge in [-0.1, -0.05) is 32.4 Å². The molecule has 4 rings (SSSR count). The van der Waals surface area contributed by atoms with Crippen molar-refractivity contribution in [3.63, 3.8) is 0 Å². The van der Waals surface area contributed by atoms with Crippen molar-refractivity contribution in [2.75, 3.05) is 24.8 Å². The molecule has 3 amide bonds. The number of nitrogens with zero attached hydrogens (tertiary/aromatic N) is 3. The Bertz CT molecular complexity index is 1530. The molecule has 0 atom stereocenters. The van der Waals surface area contributed by atoms with Crippen molar-refractivity contribution < 1.29 is 19.1 Å². The lowest BCUT2D eigenvalue weighted by Crippen LogP contribution is -2.21. The first-order chi connectivity index (χ1) is 18.0. The molecule has 0 bridgehead atoms. The zero-order valence-corrected chi connectivity index (χ0v) is 22.7. The number of methoxy groups -OCH3 is 1. The molecule has 2 aromatic carbocycles. The molecule has 11 heteroatoms. The summed E-state index contributed by atoms with van der Waals surface area (Å²) in [5.74, 6) is 1.58. The third-order valence-electron chi connectivity index (χ3n) is 5.80. The van der Waals surface area contributed by atoms with Crippen LogP contribution in [0.25, 0.3) is 10.9 Å². The number of urea groups is 1. The number of hydrogen-bond acceptors (Lipinski definition) is 6. The Hall–Kier alpha value is -4.31. The normalized spacial score (nSPS) is 11.2. The zero-order valence-electron chi connectivity index (χ0n) is 22.0. The summed E-state index contributed by atoms with van der Waals surface area (Å²) in [4.78, 5) is 29.3. The van der Waals surface area contributed by atoms with E-state index in [9.17, 15) is 9.59 Å². The van der Waals surface area contributed by atoms with Crippen LogP contribution < -0.4 is 25.4 Å². The SMILES string of the molecule is CNC(=O)c1cc2c(Oc3ccc(NC(=O)Nc4cc(C(C)(C)C)nn4C)c(Cl)c3)ccnc2cc1OC. The number of hydrogen-bond donors (Lipinski definition) is 3. The first kappa shape index (κ1) is 26.7. The standard InChI is InChI=1S/C27H29ClN6O4/c1-27(2,3)23-14-24(34(5)33-23)32-26(36)31-19-8-7-15(11-18(19)28)38-21-9-10-30-20-13-22(37-6)17(12-16(20)21)25(35)29-4/h7-14H,1-6H3,(H,29,35)(H2,31,32,36). The van der Waals surface area contributed by atoms with Crippen LogP contribution >= 0.6 is 11.6 Å². The van der Waals surface area contributed by atoms with Crippen molar-refractivity contribution in [2.45, 2.75) is 26.2 Å². The van der Waals surface area contributed by atoms with Gasteiger partial charge in [-0.3, -0.25) is 19.8 Å². The molecule has 0 aliphatic carbocycles. The second-order valence-electron chi connectivity index (χ2n) is 9.57. The van der Waals surface area contributed by atoms with Gasteiger partial charge in [-0.15, -0.1) is 0 Å². The lowest BCUT2D eigenvalue weighted by atomic mass is 9.92. The van der Waals surface area contributed by atoms with E-state index in [0.29, 0.717) is 45.2 Å². The van der Waals surface area contributed by atoms with Gasteiger partial charge in [-0.25, -0.2) is 4.79 Å². The highest BCUT2D eigenvalue weighted by molar-refractivity contribution is 6.34. The number of fused-ring (bicyclic) bond motifs is 1. The van der Waals surface area contributed by atoms with Crippen molar-refractivity contribution in [3.05, 3.63) is 64.9 Å². The van der Waals surface area contributed by atoms with Crippen molar-refractivity contribution in [1.82, 2.24) is 20.1 Å². The minimum atomic E-state index is -0.458.